The van der Waals surface area contributed by atoms with Gasteiger partial charge in [0.2, 0.25) is 0 Å². The quantitative estimate of drug-likeness (QED) is 0.395. The van der Waals surface area contributed by atoms with Gasteiger partial charge in [0.15, 0.2) is 0 Å². The second-order valence-electron chi connectivity index (χ2n) is 0.447. The van der Waals surface area contributed by atoms with Crippen LogP contribution in [-0.2, 0) is 0 Å². The molecule has 0 aliphatic rings. The molecule has 2 nitrogen and oxygen atoms in total. The number of hydrogen-bond acceptors (Lipinski definition) is 2. The SMILES string of the molecule is OCCO.[Br-].[K+]. The van der Waals surface area contributed by atoms with Crippen LogP contribution in [0.25, 0.3) is 0 Å². The van der Waals surface area contributed by atoms with Gasteiger partial charge in [0, 0.05) is 0 Å². The van der Waals surface area contributed by atoms with E-state index in [2.05, 4.69) is 0 Å². The molecular formula is C2H6BrKO2. The van der Waals surface area contributed by atoms with Gasteiger partial charge in [0.05, 0.1) is 13.2 Å². The standard InChI is InChI=1S/C2H6O2.BrH.K/c3-1-2-4;;/h3-4H,1-2H2;1H;/q;;+1/p-1. The van der Waals surface area contributed by atoms with E-state index in [0.29, 0.717) is 0 Å². The van der Waals surface area contributed by atoms with E-state index in [4.69, 9.17) is 10.2 Å². The summed E-state index contributed by atoms with van der Waals surface area (Å²) in [7, 11) is 0. The minimum Gasteiger partial charge on any atom is -1.00 e. The first-order chi connectivity index (χ1) is 1.91. The minimum absolute atomic E-state index is 0. The van der Waals surface area contributed by atoms with Crippen molar-refractivity contribution in [1.29, 1.82) is 0 Å². The third kappa shape index (κ3) is 16.6. The monoisotopic (exact) mass is 180 g/mol. The summed E-state index contributed by atoms with van der Waals surface area (Å²) < 4.78 is 0. The number of rotatable bonds is 1. The molecule has 34 valence electrons. The maximum Gasteiger partial charge on any atom is 1.00 e. The molecule has 0 saturated carbocycles. The van der Waals surface area contributed by atoms with Crippen LogP contribution in [0.5, 0.6) is 0 Å². The van der Waals surface area contributed by atoms with Crippen molar-refractivity contribution >= 4 is 0 Å². The molecule has 0 radical (unpaired) electrons. The van der Waals surface area contributed by atoms with E-state index in [1.54, 1.807) is 0 Å². The molecule has 0 spiro atoms. The number of aliphatic hydroxyl groups excluding tert-OH is 2. The molecular weight excluding hydrogens is 175 g/mol. The summed E-state index contributed by atoms with van der Waals surface area (Å²) in [6.07, 6.45) is 0. The average Bonchev–Trinajstić information content (AvgIpc) is 1.37. The topological polar surface area (TPSA) is 40.5 Å². The van der Waals surface area contributed by atoms with Crippen LogP contribution in [0.3, 0.4) is 0 Å². The van der Waals surface area contributed by atoms with Gasteiger partial charge in [-0.3, -0.25) is 0 Å². The van der Waals surface area contributed by atoms with Crippen molar-refractivity contribution in [3.63, 3.8) is 0 Å². The van der Waals surface area contributed by atoms with Crippen molar-refractivity contribution in [3.8, 4) is 0 Å². The van der Waals surface area contributed by atoms with E-state index in [-0.39, 0.29) is 81.6 Å². The molecule has 0 aromatic heterocycles. The number of aliphatic hydroxyl groups is 2. The zero-order valence-corrected chi connectivity index (χ0v) is 8.40. The van der Waals surface area contributed by atoms with Crippen molar-refractivity contribution in [1.82, 2.24) is 0 Å². The summed E-state index contributed by atoms with van der Waals surface area (Å²) in [4.78, 5) is 0. The molecule has 0 rings (SSSR count). The number of hydrogen-bond donors (Lipinski definition) is 2. The first-order valence-electron chi connectivity index (χ1n) is 1.13. The van der Waals surface area contributed by atoms with E-state index in [1.165, 1.54) is 0 Å². The van der Waals surface area contributed by atoms with Gasteiger partial charge in [-0.25, -0.2) is 0 Å². The largest absolute Gasteiger partial charge is 1.00 e. The summed E-state index contributed by atoms with van der Waals surface area (Å²) in [5.74, 6) is 0. The van der Waals surface area contributed by atoms with Gasteiger partial charge < -0.3 is 27.2 Å². The van der Waals surface area contributed by atoms with Gasteiger partial charge in [-0.1, -0.05) is 0 Å². The van der Waals surface area contributed by atoms with Gasteiger partial charge in [-0.15, -0.1) is 0 Å². The summed E-state index contributed by atoms with van der Waals surface area (Å²) in [5, 5.41) is 15.2. The molecule has 4 heteroatoms. The molecule has 0 atom stereocenters. The summed E-state index contributed by atoms with van der Waals surface area (Å²) in [6, 6.07) is 0. The molecule has 0 saturated heterocycles. The van der Waals surface area contributed by atoms with E-state index < -0.39 is 0 Å². The third-order valence-corrected chi connectivity index (χ3v) is 0.1000. The Morgan fingerprint density at radius 2 is 1.17 bits per heavy atom. The molecule has 6 heavy (non-hydrogen) atoms. The molecule has 0 aromatic rings. The predicted molar refractivity (Wildman–Crippen MR) is 14.2 cm³/mol. The van der Waals surface area contributed by atoms with Gasteiger partial charge >= 0.3 is 51.4 Å². The van der Waals surface area contributed by atoms with Gasteiger partial charge in [0.25, 0.3) is 0 Å². The average molecular weight is 181 g/mol. The van der Waals surface area contributed by atoms with Crippen LogP contribution in [0.1, 0.15) is 0 Å². The van der Waals surface area contributed by atoms with Crippen molar-refractivity contribution < 1.29 is 78.6 Å². The molecule has 0 bridgehead atoms. The fourth-order valence-corrected chi connectivity index (χ4v) is 0. The number of halogens is 1. The Balaban J connectivity index is -0.0000000450. The first kappa shape index (κ1) is 15.7. The van der Waals surface area contributed by atoms with E-state index in [0.717, 1.165) is 0 Å². The van der Waals surface area contributed by atoms with E-state index in [9.17, 15) is 0 Å². The zero-order chi connectivity index (χ0) is 3.41. The summed E-state index contributed by atoms with van der Waals surface area (Å²) in [6.45, 7) is -0.250. The molecule has 2 N–H and O–H groups in total. The normalized spacial score (nSPS) is 5.00. The second kappa shape index (κ2) is 15.7. The Morgan fingerprint density at radius 3 is 1.17 bits per heavy atom. The van der Waals surface area contributed by atoms with Crippen LogP contribution < -0.4 is 68.4 Å². The zero-order valence-electron chi connectivity index (χ0n) is 3.69. The third-order valence-electron chi connectivity index (χ3n) is 0.1000. The summed E-state index contributed by atoms with van der Waals surface area (Å²) >= 11 is 0. The minimum atomic E-state index is -0.125. The first-order valence-corrected chi connectivity index (χ1v) is 1.13. The Morgan fingerprint density at radius 1 is 1.00 bits per heavy atom. The molecule has 0 amide bonds. The molecule has 0 heterocycles. The van der Waals surface area contributed by atoms with Crippen LogP contribution in [0.2, 0.25) is 0 Å². The van der Waals surface area contributed by atoms with Crippen LogP contribution >= 0.6 is 0 Å². The van der Waals surface area contributed by atoms with Crippen molar-refractivity contribution in [2.45, 2.75) is 0 Å². The molecule has 0 aliphatic heterocycles. The van der Waals surface area contributed by atoms with Crippen molar-refractivity contribution in [2.24, 2.45) is 0 Å². The van der Waals surface area contributed by atoms with E-state index in [1.807, 2.05) is 0 Å². The maximum atomic E-state index is 7.62. The molecule has 0 fully saturated rings. The van der Waals surface area contributed by atoms with Crippen LogP contribution in [0.4, 0.5) is 0 Å². The predicted octanol–water partition coefficient (Wildman–Crippen LogP) is -7.02. The van der Waals surface area contributed by atoms with Crippen LogP contribution in [0.15, 0.2) is 0 Å². The maximum absolute atomic E-state index is 7.62. The van der Waals surface area contributed by atoms with Crippen molar-refractivity contribution in [2.75, 3.05) is 13.2 Å². The van der Waals surface area contributed by atoms with Crippen LogP contribution in [-0.4, -0.2) is 23.4 Å². The Hall–Kier alpha value is 2.04. The van der Waals surface area contributed by atoms with Gasteiger partial charge in [-0.05, 0) is 0 Å². The fourth-order valence-electron chi connectivity index (χ4n) is 0. The van der Waals surface area contributed by atoms with Gasteiger partial charge in [0.1, 0.15) is 0 Å². The molecule has 0 aliphatic carbocycles. The fraction of sp³-hybridized carbons (Fsp3) is 1.00. The van der Waals surface area contributed by atoms with Crippen molar-refractivity contribution in [3.05, 3.63) is 0 Å². The van der Waals surface area contributed by atoms with Gasteiger partial charge in [-0.2, -0.15) is 0 Å². The molecule has 0 unspecified atom stereocenters. The second-order valence-corrected chi connectivity index (χ2v) is 0.447. The Labute approximate surface area is 90.1 Å². The smallest absolute Gasteiger partial charge is 1.00 e. The Kier molecular flexibility index (Phi) is 41.1. The van der Waals surface area contributed by atoms with Crippen LogP contribution in [0, 0.1) is 0 Å². The molecule has 0 aromatic carbocycles. The van der Waals surface area contributed by atoms with E-state index >= 15 is 0 Å². The Bertz CT molecular complexity index is 13.5. The summed E-state index contributed by atoms with van der Waals surface area (Å²) in [5.41, 5.74) is 0.